The minimum absolute atomic E-state index is 0.00557. The second kappa shape index (κ2) is 8.80. The van der Waals surface area contributed by atoms with E-state index < -0.39 is 11.5 Å². The molecule has 0 aliphatic carbocycles. The first-order valence-corrected chi connectivity index (χ1v) is 9.32. The smallest absolute Gasteiger partial charge is 0.269 e. The van der Waals surface area contributed by atoms with Crippen LogP contribution in [0.25, 0.3) is 11.7 Å². The first kappa shape index (κ1) is 19.7. The van der Waals surface area contributed by atoms with Gasteiger partial charge >= 0.3 is 0 Å². The summed E-state index contributed by atoms with van der Waals surface area (Å²) in [5.41, 5.74) is -0.379. The lowest BCUT2D eigenvalue weighted by molar-refractivity contribution is -0.117. The molecule has 8 nitrogen and oxygen atoms in total. The second-order valence-corrected chi connectivity index (χ2v) is 6.41. The van der Waals surface area contributed by atoms with E-state index in [0.29, 0.717) is 17.2 Å². The molecule has 4 aromatic rings. The Hall–Kier alpha value is -4.64. The van der Waals surface area contributed by atoms with Crippen molar-refractivity contribution in [1.82, 2.24) is 14.7 Å². The highest BCUT2D eigenvalue weighted by Crippen LogP contribution is 2.23. The van der Waals surface area contributed by atoms with E-state index in [1.165, 1.54) is 16.7 Å². The summed E-state index contributed by atoms with van der Waals surface area (Å²) in [7, 11) is 0. The predicted molar refractivity (Wildman–Crippen MR) is 112 cm³/mol. The summed E-state index contributed by atoms with van der Waals surface area (Å²) in [5.74, 6) is 0.340. The van der Waals surface area contributed by atoms with Crippen LogP contribution in [0.2, 0.25) is 0 Å². The zero-order valence-electron chi connectivity index (χ0n) is 16.2. The zero-order valence-corrected chi connectivity index (χ0v) is 16.2. The van der Waals surface area contributed by atoms with Gasteiger partial charge in [-0.05, 0) is 42.5 Å². The number of para-hydroxylation sites is 1. The van der Waals surface area contributed by atoms with Gasteiger partial charge in [0.05, 0.1) is 12.8 Å². The molecule has 0 aliphatic rings. The Bertz CT molecular complexity index is 1350. The number of pyridine rings is 1. The van der Waals surface area contributed by atoms with Gasteiger partial charge in [-0.3, -0.25) is 14.0 Å². The lowest BCUT2D eigenvalue weighted by atomic mass is 10.1. The zero-order chi connectivity index (χ0) is 21.6. The first-order valence-electron chi connectivity index (χ1n) is 9.32. The lowest BCUT2D eigenvalue weighted by Gasteiger charge is -2.10. The average molecular weight is 412 g/mol. The third kappa shape index (κ3) is 4.36. The van der Waals surface area contributed by atoms with E-state index in [-0.39, 0.29) is 23.6 Å². The number of nitriles is 1. The number of rotatable bonds is 6. The fourth-order valence-electron chi connectivity index (χ4n) is 2.85. The Balaban J connectivity index is 1.75. The average Bonchev–Trinajstić information content (AvgIpc) is 3.32. The number of hydrogen-bond acceptors (Lipinski definition) is 6. The van der Waals surface area contributed by atoms with Crippen LogP contribution in [-0.2, 0) is 11.3 Å². The van der Waals surface area contributed by atoms with Crippen LogP contribution in [0.3, 0.4) is 0 Å². The number of ether oxygens (including phenoxy) is 1. The number of carbonyl (C=O) groups is 1. The molecule has 8 heteroatoms. The molecule has 4 rings (SSSR count). The quantitative estimate of drug-likeness (QED) is 0.384. The molecule has 0 saturated heterocycles. The molecule has 1 aromatic carbocycles. The minimum Gasteiger partial charge on any atom is -0.467 e. The molecule has 152 valence electrons. The molecule has 31 heavy (non-hydrogen) atoms. The van der Waals surface area contributed by atoms with Crippen molar-refractivity contribution in [2.45, 2.75) is 6.54 Å². The van der Waals surface area contributed by atoms with E-state index in [1.54, 1.807) is 60.8 Å². The van der Waals surface area contributed by atoms with E-state index in [9.17, 15) is 14.9 Å². The van der Waals surface area contributed by atoms with Crippen LogP contribution in [-0.4, -0.2) is 15.3 Å². The van der Waals surface area contributed by atoms with Gasteiger partial charge in [0.15, 0.2) is 0 Å². The van der Waals surface area contributed by atoms with Crippen LogP contribution < -0.4 is 15.6 Å². The molecule has 0 unspecified atom stereocenters. The van der Waals surface area contributed by atoms with Crippen molar-refractivity contribution in [3.8, 4) is 17.7 Å². The number of nitrogens with one attached hydrogen (secondary N) is 1. The monoisotopic (exact) mass is 412 g/mol. The number of furan rings is 1. The Labute approximate surface area is 176 Å². The van der Waals surface area contributed by atoms with Crippen molar-refractivity contribution < 1.29 is 13.9 Å². The summed E-state index contributed by atoms with van der Waals surface area (Å²) in [6.45, 7) is 0.104. The number of fused-ring (bicyclic) bond motifs is 1. The van der Waals surface area contributed by atoms with Gasteiger partial charge in [0.1, 0.15) is 34.4 Å². The topological polar surface area (TPSA) is 110 Å². The van der Waals surface area contributed by atoms with Gasteiger partial charge in [0.2, 0.25) is 5.88 Å². The number of amides is 1. The molecule has 3 aromatic heterocycles. The number of benzene rings is 1. The molecule has 0 spiro atoms. The molecular formula is C23H16N4O4. The second-order valence-electron chi connectivity index (χ2n) is 6.41. The highest BCUT2D eigenvalue weighted by Gasteiger charge is 2.17. The molecule has 0 fully saturated rings. The third-order valence-corrected chi connectivity index (χ3v) is 4.35. The summed E-state index contributed by atoms with van der Waals surface area (Å²) in [4.78, 5) is 30.0. The van der Waals surface area contributed by atoms with Gasteiger partial charge in [-0.25, -0.2) is 0 Å². The van der Waals surface area contributed by atoms with Gasteiger partial charge in [-0.15, -0.1) is 0 Å². The van der Waals surface area contributed by atoms with Gasteiger partial charge in [0, 0.05) is 6.20 Å². The lowest BCUT2D eigenvalue weighted by Crippen LogP contribution is -2.24. The van der Waals surface area contributed by atoms with Crippen LogP contribution in [0.5, 0.6) is 11.6 Å². The molecule has 0 saturated carbocycles. The summed E-state index contributed by atoms with van der Waals surface area (Å²) in [6.07, 6.45) is 4.22. The van der Waals surface area contributed by atoms with Crippen LogP contribution in [0, 0.1) is 11.3 Å². The summed E-state index contributed by atoms with van der Waals surface area (Å²) in [6, 6.07) is 19.1. The molecular weight excluding hydrogens is 396 g/mol. The standard InChI is InChI=1S/C23H16N4O4/c24-14-16(21(28)25-15-18-9-6-12-30-18)13-19-22(31-17-7-2-1-3-8-17)26-20-10-4-5-11-27(20)23(19)29/h1-13H,15H2,(H,25,28)/b16-13+. The normalized spacial score (nSPS) is 11.1. The maximum Gasteiger partial charge on any atom is 0.269 e. The highest BCUT2D eigenvalue weighted by atomic mass is 16.5. The fraction of sp³-hybridized carbons (Fsp3) is 0.0435. The minimum atomic E-state index is -0.651. The first-order chi connectivity index (χ1) is 15.2. The third-order valence-electron chi connectivity index (χ3n) is 4.35. The summed E-state index contributed by atoms with van der Waals surface area (Å²) in [5, 5.41) is 12.1. The van der Waals surface area contributed by atoms with Crippen molar-refractivity contribution in [2.75, 3.05) is 0 Å². The van der Waals surface area contributed by atoms with Crippen molar-refractivity contribution >= 4 is 17.6 Å². The van der Waals surface area contributed by atoms with Crippen LogP contribution >= 0.6 is 0 Å². The molecule has 0 aliphatic heterocycles. The number of aromatic nitrogens is 2. The van der Waals surface area contributed by atoms with Gasteiger partial charge in [-0.1, -0.05) is 24.3 Å². The Morgan fingerprint density at radius 2 is 1.97 bits per heavy atom. The van der Waals surface area contributed by atoms with Crippen molar-refractivity contribution in [2.24, 2.45) is 0 Å². The van der Waals surface area contributed by atoms with Crippen LogP contribution in [0.1, 0.15) is 11.3 Å². The Morgan fingerprint density at radius 1 is 1.16 bits per heavy atom. The van der Waals surface area contributed by atoms with Crippen LogP contribution in [0.15, 0.2) is 87.9 Å². The predicted octanol–water partition coefficient (Wildman–Crippen LogP) is 3.30. The SMILES string of the molecule is N#C/C(=C\c1c(Oc2ccccc2)nc2ccccn2c1=O)C(=O)NCc1ccco1. The molecule has 3 heterocycles. The molecule has 0 radical (unpaired) electrons. The summed E-state index contributed by atoms with van der Waals surface area (Å²) >= 11 is 0. The number of carbonyl (C=O) groups excluding carboxylic acids is 1. The molecule has 1 N–H and O–H groups in total. The fourth-order valence-corrected chi connectivity index (χ4v) is 2.85. The van der Waals surface area contributed by atoms with Crippen molar-refractivity contribution in [3.63, 3.8) is 0 Å². The Kier molecular flexibility index (Phi) is 5.58. The van der Waals surface area contributed by atoms with E-state index in [0.717, 1.165) is 0 Å². The van der Waals surface area contributed by atoms with E-state index in [4.69, 9.17) is 9.15 Å². The Morgan fingerprint density at radius 3 is 2.71 bits per heavy atom. The van der Waals surface area contributed by atoms with Crippen LogP contribution in [0.4, 0.5) is 0 Å². The number of hydrogen-bond donors (Lipinski definition) is 1. The van der Waals surface area contributed by atoms with Gasteiger partial charge in [-0.2, -0.15) is 10.2 Å². The molecule has 0 bridgehead atoms. The van der Waals surface area contributed by atoms with E-state index in [2.05, 4.69) is 10.3 Å². The van der Waals surface area contributed by atoms with Gasteiger partial charge in [0.25, 0.3) is 11.5 Å². The largest absolute Gasteiger partial charge is 0.467 e. The highest BCUT2D eigenvalue weighted by molar-refractivity contribution is 6.01. The van der Waals surface area contributed by atoms with Crippen molar-refractivity contribution in [1.29, 1.82) is 5.26 Å². The van der Waals surface area contributed by atoms with Gasteiger partial charge < -0.3 is 14.5 Å². The molecule has 0 atom stereocenters. The van der Waals surface area contributed by atoms with E-state index >= 15 is 0 Å². The molecule has 1 amide bonds. The van der Waals surface area contributed by atoms with Crippen molar-refractivity contribution in [3.05, 3.63) is 100 Å². The maximum absolute atomic E-state index is 13.1. The maximum atomic E-state index is 13.1. The summed E-state index contributed by atoms with van der Waals surface area (Å²) < 4.78 is 12.3. The van der Waals surface area contributed by atoms with E-state index in [1.807, 2.05) is 12.1 Å². The number of nitrogens with zero attached hydrogens (tertiary/aromatic N) is 3.